The number of carbonyl (C=O) groups is 1. The van der Waals surface area contributed by atoms with Gasteiger partial charge < -0.3 is 15.1 Å². The molecule has 1 aliphatic heterocycles. The van der Waals surface area contributed by atoms with E-state index in [0.717, 1.165) is 6.33 Å². The zero-order valence-corrected chi connectivity index (χ0v) is 19.7. The van der Waals surface area contributed by atoms with E-state index < -0.39 is 34.6 Å². The fourth-order valence-electron chi connectivity index (χ4n) is 4.09. The summed E-state index contributed by atoms with van der Waals surface area (Å²) in [4.78, 5) is 21.7. The zero-order valence-electron chi connectivity index (χ0n) is 18.9. The van der Waals surface area contributed by atoms with Crippen molar-refractivity contribution in [1.29, 1.82) is 0 Å². The molecule has 3 N–H and O–H groups in total. The third-order valence-corrected chi connectivity index (χ3v) is 7.55. The van der Waals surface area contributed by atoms with Crippen LogP contribution < -0.4 is 4.72 Å². The Morgan fingerprint density at radius 2 is 1.75 bits per heavy atom. The average Bonchev–Trinajstić information content (AvgIpc) is 2.83. The van der Waals surface area contributed by atoms with Gasteiger partial charge in [0.1, 0.15) is 11.2 Å². The van der Waals surface area contributed by atoms with E-state index in [4.69, 9.17) is 0 Å². The number of piperidine rings is 1. The van der Waals surface area contributed by atoms with Gasteiger partial charge in [-0.1, -0.05) is 6.07 Å². The number of likely N-dealkylation sites (tertiary alicyclic amines) is 1. The minimum absolute atomic E-state index is 0.0385. The monoisotopic (exact) mass is 524 g/mol. The second-order valence-electron chi connectivity index (χ2n) is 8.66. The first kappa shape index (κ1) is 25.6. The number of nitrogens with zero attached hydrogens (tertiary/aromatic N) is 3. The van der Waals surface area contributed by atoms with Crippen molar-refractivity contribution in [2.24, 2.45) is 0 Å². The number of aromatic hydroxyl groups is 1. The summed E-state index contributed by atoms with van der Waals surface area (Å²) in [5.74, 6) is -0.722. The predicted octanol–water partition coefficient (Wildman–Crippen LogP) is 3.45. The number of nitrogens with one attached hydrogen (secondary N) is 1. The first-order valence-electron chi connectivity index (χ1n) is 11.0. The molecule has 192 valence electrons. The lowest BCUT2D eigenvalue weighted by atomic mass is 9.86. The molecule has 0 bridgehead atoms. The highest BCUT2D eigenvalue weighted by Gasteiger charge is 2.38. The Bertz CT molecular complexity index is 1370. The van der Waals surface area contributed by atoms with Crippen molar-refractivity contribution in [1.82, 2.24) is 14.9 Å². The lowest BCUT2D eigenvalue weighted by molar-refractivity contribution is -0.150. The van der Waals surface area contributed by atoms with Crippen molar-refractivity contribution in [3.63, 3.8) is 0 Å². The van der Waals surface area contributed by atoms with Crippen LogP contribution in [0.25, 0.3) is 10.9 Å². The van der Waals surface area contributed by atoms with Crippen LogP contribution >= 0.6 is 0 Å². The number of fused-ring (bicyclic) bond motifs is 1. The maximum atomic E-state index is 12.9. The lowest BCUT2D eigenvalue weighted by Crippen LogP contribution is -2.47. The topological polar surface area (TPSA) is 133 Å². The van der Waals surface area contributed by atoms with Crippen molar-refractivity contribution in [3.05, 3.63) is 54.4 Å². The van der Waals surface area contributed by atoms with Gasteiger partial charge in [-0.25, -0.2) is 18.4 Å². The Kier molecular flexibility index (Phi) is 6.80. The minimum Gasteiger partial charge on any atom is -0.493 e. The summed E-state index contributed by atoms with van der Waals surface area (Å²) < 4.78 is 65.8. The van der Waals surface area contributed by atoms with Gasteiger partial charge in [-0.05, 0) is 55.7 Å². The predicted molar refractivity (Wildman–Crippen MR) is 124 cm³/mol. The molecule has 0 unspecified atom stereocenters. The molecule has 1 aliphatic rings. The second kappa shape index (κ2) is 9.54. The van der Waals surface area contributed by atoms with Crippen LogP contribution in [-0.4, -0.2) is 64.3 Å². The Labute approximate surface area is 204 Å². The number of amides is 1. The van der Waals surface area contributed by atoms with Gasteiger partial charge in [0, 0.05) is 30.8 Å². The van der Waals surface area contributed by atoms with Gasteiger partial charge in [-0.15, -0.1) is 0 Å². The van der Waals surface area contributed by atoms with Crippen molar-refractivity contribution in [3.8, 4) is 5.88 Å². The van der Waals surface area contributed by atoms with E-state index in [2.05, 4.69) is 14.7 Å². The van der Waals surface area contributed by atoms with Gasteiger partial charge in [-0.2, -0.15) is 13.2 Å². The number of halogens is 3. The van der Waals surface area contributed by atoms with Gasteiger partial charge in [0.2, 0.25) is 5.88 Å². The first-order valence-corrected chi connectivity index (χ1v) is 12.5. The van der Waals surface area contributed by atoms with Crippen molar-refractivity contribution in [2.75, 3.05) is 17.8 Å². The molecule has 1 aromatic heterocycles. The molecule has 1 amide bonds. The highest BCUT2D eigenvalue weighted by molar-refractivity contribution is 7.93. The quantitative estimate of drug-likeness (QED) is 0.450. The maximum Gasteiger partial charge on any atom is 0.389 e. The number of aliphatic hydroxyl groups is 1. The summed E-state index contributed by atoms with van der Waals surface area (Å²) in [6.45, 7) is 0.217. The molecule has 4 rings (SSSR count). The van der Waals surface area contributed by atoms with E-state index in [1.807, 2.05) is 0 Å². The molecule has 1 saturated heterocycles. The molecule has 1 fully saturated rings. The van der Waals surface area contributed by atoms with E-state index in [1.165, 1.54) is 47.4 Å². The van der Waals surface area contributed by atoms with Crippen LogP contribution in [0.4, 0.5) is 18.9 Å². The van der Waals surface area contributed by atoms with Crippen LogP contribution in [-0.2, 0) is 10.0 Å². The fourth-order valence-corrected chi connectivity index (χ4v) is 5.32. The Hall–Kier alpha value is -3.45. The SMILES string of the molecule is O=C(c1ccc(NS(=O)(=O)c2cccc3c(O)ncnc23)cc1)N1CCC(O)(CCC(F)(F)F)CC1. The summed E-state index contributed by atoms with van der Waals surface area (Å²) in [5.41, 5.74) is -0.967. The lowest BCUT2D eigenvalue weighted by Gasteiger charge is -2.38. The number of sulfonamides is 1. The molecule has 0 saturated carbocycles. The number of hydrogen-bond donors (Lipinski definition) is 3. The number of benzene rings is 2. The van der Waals surface area contributed by atoms with E-state index in [0.29, 0.717) is 0 Å². The molecular formula is C23H23F3N4O5S. The summed E-state index contributed by atoms with van der Waals surface area (Å²) in [5, 5.41) is 20.4. The average molecular weight is 525 g/mol. The van der Waals surface area contributed by atoms with Crippen LogP contribution in [0.5, 0.6) is 5.88 Å². The molecular weight excluding hydrogens is 501 g/mol. The van der Waals surface area contributed by atoms with E-state index >= 15 is 0 Å². The molecule has 36 heavy (non-hydrogen) atoms. The number of para-hydroxylation sites is 1. The van der Waals surface area contributed by atoms with Gasteiger partial charge in [0.15, 0.2) is 0 Å². The number of aromatic nitrogens is 2. The maximum absolute atomic E-state index is 12.9. The largest absolute Gasteiger partial charge is 0.493 e. The normalized spacial score (nSPS) is 16.2. The molecule has 3 aromatic rings. The molecule has 2 heterocycles. The van der Waals surface area contributed by atoms with Crippen LogP contribution in [0.2, 0.25) is 0 Å². The number of anilines is 1. The smallest absolute Gasteiger partial charge is 0.389 e. The van der Waals surface area contributed by atoms with Crippen molar-refractivity contribution in [2.45, 2.75) is 42.4 Å². The first-order chi connectivity index (χ1) is 16.9. The molecule has 13 heteroatoms. The van der Waals surface area contributed by atoms with Crippen LogP contribution in [0.1, 0.15) is 36.0 Å². The molecule has 2 aromatic carbocycles. The fraction of sp³-hybridized carbons (Fsp3) is 0.348. The molecule has 0 atom stereocenters. The third-order valence-electron chi connectivity index (χ3n) is 6.14. The van der Waals surface area contributed by atoms with Crippen LogP contribution in [0.3, 0.4) is 0 Å². The molecule has 0 aliphatic carbocycles. The summed E-state index contributed by atoms with van der Waals surface area (Å²) in [7, 11) is -4.09. The molecule has 0 spiro atoms. The molecule has 0 radical (unpaired) electrons. The van der Waals surface area contributed by atoms with E-state index in [9.17, 15) is 36.6 Å². The van der Waals surface area contributed by atoms with Crippen LogP contribution in [0, 0.1) is 0 Å². The van der Waals surface area contributed by atoms with Crippen LogP contribution in [0.15, 0.2) is 53.7 Å². The second-order valence-corrected chi connectivity index (χ2v) is 10.3. The highest BCUT2D eigenvalue weighted by atomic mass is 32.2. The Morgan fingerprint density at radius 3 is 2.39 bits per heavy atom. The number of alkyl halides is 3. The highest BCUT2D eigenvalue weighted by Crippen LogP contribution is 2.33. The Balaban J connectivity index is 1.42. The number of carbonyl (C=O) groups excluding carboxylic acids is 1. The van der Waals surface area contributed by atoms with Gasteiger partial charge in [0.25, 0.3) is 15.9 Å². The van der Waals surface area contributed by atoms with Gasteiger partial charge >= 0.3 is 6.18 Å². The van der Waals surface area contributed by atoms with E-state index in [1.54, 1.807) is 0 Å². The van der Waals surface area contributed by atoms with Gasteiger partial charge in [-0.3, -0.25) is 9.52 Å². The van der Waals surface area contributed by atoms with Gasteiger partial charge in [0.05, 0.1) is 16.5 Å². The summed E-state index contributed by atoms with van der Waals surface area (Å²) in [6, 6.07) is 9.95. The standard InChI is InChI=1S/C23H23F3N4O5S/c24-23(25,26)9-8-22(33)10-12-30(13-11-22)21(32)15-4-6-16(7-5-15)29-36(34,35)18-3-1-2-17-19(18)27-14-28-20(17)31/h1-7,14,29,33H,8-13H2,(H,27,28,31). The number of rotatable bonds is 6. The Morgan fingerprint density at radius 1 is 1.08 bits per heavy atom. The summed E-state index contributed by atoms with van der Waals surface area (Å²) in [6.07, 6.45) is -4.71. The van der Waals surface area contributed by atoms with E-state index in [-0.39, 0.29) is 64.8 Å². The minimum atomic E-state index is -4.35. The zero-order chi connectivity index (χ0) is 26.1. The number of hydrogen-bond acceptors (Lipinski definition) is 7. The third kappa shape index (κ3) is 5.68. The summed E-state index contributed by atoms with van der Waals surface area (Å²) >= 11 is 0. The molecule has 9 nitrogen and oxygen atoms in total. The van der Waals surface area contributed by atoms with Crippen molar-refractivity contribution >= 4 is 32.5 Å². The van der Waals surface area contributed by atoms with Crippen molar-refractivity contribution < 1.29 is 36.6 Å².